The van der Waals surface area contributed by atoms with Crippen LogP contribution in [0.25, 0.3) is 0 Å². The summed E-state index contributed by atoms with van der Waals surface area (Å²) in [5, 5.41) is 0. The Hall–Kier alpha value is -0.520. The minimum absolute atomic E-state index is 0.0119. The smallest absolute Gasteiger partial charge is 0.108 e. The average Bonchev–Trinajstić information content (AvgIpc) is 2.54. The minimum Gasteiger partial charge on any atom is -0.365 e. The molecule has 2 nitrogen and oxygen atoms in total. The van der Waals surface area contributed by atoms with E-state index < -0.39 is 6.56 Å². The summed E-state index contributed by atoms with van der Waals surface area (Å²) >= 11 is 0. The molecule has 1 heterocycles. The predicted molar refractivity (Wildman–Crippen MR) is 108 cm³/mol. The van der Waals surface area contributed by atoms with Crippen molar-refractivity contribution >= 4 is 0 Å². The molecule has 25 heavy (non-hydrogen) atoms. The maximum atomic E-state index is 8.02. The topological polar surface area (TPSA) is 12.5 Å². The van der Waals surface area contributed by atoms with Crippen LogP contribution in [0.2, 0.25) is 0 Å². The molecule has 2 rings (SSSR count). The van der Waals surface area contributed by atoms with E-state index in [1.165, 1.54) is 32.2 Å². The number of likely N-dealkylation sites (tertiary alicyclic amines) is 1. The molecule has 2 heteroatoms. The Balaban J connectivity index is 1.72. The molecule has 0 aromatic carbocycles. The monoisotopic (exact) mass is 349 g/mol. The molecule has 0 radical (unpaired) electrons. The predicted octanol–water partition coefficient (Wildman–Crippen LogP) is 5.37. The first-order valence-corrected chi connectivity index (χ1v) is 10.3. The Morgan fingerprint density at radius 3 is 2.08 bits per heavy atom. The van der Waals surface area contributed by atoms with Crippen LogP contribution in [-0.4, -0.2) is 37.2 Å². The molecule has 2 aliphatic rings. The highest BCUT2D eigenvalue weighted by Crippen LogP contribution is 2.40. The van der Waals surface area contributed by atoms with Gasteiger partial charge in [-0.15, -0.1) is 0 Å². The van der Waals surface area contributed by atoms with Crippen molar-refractivity contribution in [2.75, 3.05) is 26.2 Å². The molecule has 1 saturated heterocycles. The van der Waals surface area contributed by atoms with Crippen LogP contribution in [0, 0.1) is 34.5 Å². The fourth-order valence-corrected chi connectivity index (χ4v) is 4.11. The minimum atomic E-state index is -1.84. The van der Waals surface area contributed by atoms with E-state index in [2.05, 4.69) is 37.5 Å². The Bertz CT molecular complexity index is 519. The van der Waals surface area contributed by atoms with Crippen LogP contribution in [0.5, 0.6) is 0 Å². The highest BCUT2D eigenvalue weighted by molar-refractivity contribution is 5.07. The van der Waals surface area contributed by atoms with Crippen LogP contribution >= 0.6 is 0 Å². The van der Waals surface area contributed by atoms with Crippen molar-refractivity contribution in [2.45, 2.75) is 86.2 Å². The van der Waals surface area contributed by atoms with Gasteiger partial charge in [-0.1, -0.05) is 32.6 Å². The Labute approximate surface area is 159 Å². The van der Waals surface area contributed by atoms with Crippen LogP contribution in [-0.2, 0) is 4.74 Å². The molecule has 2 fully saturated rings. The van der Waals surface area contributed by atoms with E-state index in [0.717, 1.165) is 37.8 Å². The average molecular weight is 350 g/mol. The highest BCUT2D eigenvalue weighted by Gasteiger charge is 2.31. The fourth-order valence-electron chi connectivity index (χ4n) is 4.11. The zero-order chi connectivity index (χ0) is 20.3. The molecular formula is C23H41NO. The van der Waals surface area contributed by atoms with Gasteiger partial charge < -0.3 is 9.64 Å². The Kier molecular flexibility index (Phi) is 6.37. The van der Waals surface area contributed by atoms with E-state index in [-0.39, 0.29) is 11.5 Å². The van der Waals surface area contributed by atoms with Crippen LogP contribution < -0.4 is 0 Å². The molecular weight excluding hydrogens is 306 g/mol. The highest BCUT2D eigenvalue weighted by atomic mass is 16.5. The molecule has 0 unspecified atom stereocenters. The third kappa shape index (κ3) is 7.71. The Morgan fingerprint density at radius 1 is 0.960 bits per heavy atom. The number of ether oxygens (including phenoxy) is 1. The molecule has 1 saturated carbocycles. The fraction of sp³-hybridized carbons (Fsp3) is 0.913. The Morgan fingerprint density at radius 2 is 1.56 bits per heavy atom. The summed E-state index contributed by atoms with van der Waals surface area (Å²) in [7, 11) is 0. The van der Waals surface area contributed by atoms with Gasteiger partial charge in [0.15, 0.2) is 0 Å². The zero-order valence-electron chi connectivity index (χ0n) is 19.5. The molecule has 1 aliphatic heterocycles. The van der Waals surface area contributed by atoms with Gasteiger partial charge in [0.1, 0.15) is 6.56 Å². The van der Waals surface area contributed by atoms with E-state index in [9.17, 15) is 0 Å². The van der Waals surface area contributed by atoms with E-state index in [1.54, 1.807) is 0 Å². The summed E-state index contributed by atoms with van der Waals surface area (Å²) in [5.41, 5.74) is 0.252. The van der Waals surface area contributed by atoms with Gasteiger partial charge in [-0.05, 0) is 76.5 Å². The summed E-state index contributed by atoms with van der Waals surface area (Å²) in [6.07, 6.45) is 7.29. The molecule has 144 valence electrons. The first-order valence-electron chi connectivity index (χ1n) is 11.3. The first-order chi connectivity index (χ1) is 12.3. The van der Waals surface area contributed by atoms with Crippen molar-refractivity contribution in [3.05, 3.63) is 0 Å². The van der Waals surface area contributed by atoms with Gasteiger partial charge in [0.2, 0.25) is 0 Å². The normalized spacial score (nSPS) is 28.7. The molecule has 0 aromatic rings. The summed E-state index contributed by atoms with van der Waals surface area (Å²) in [4.78, 5) is 2.57. The molecule has 0 atom stereocenters. The number of hydrogen-bond donors (Lipinski definition) is 0. The summed E-state index contributed by atoms with van der Waals surface area (Å²) in [5.74, 6) is 7.37. The standard InChI is InChI=1S/C23H41NO/c1-22(2,3)14-7-17-25-21-12-15-24(16-13-21)18-19-8-10-20(11-9-19)23(4,5)6/h19-21H,8-13,15-18H2,1-6H3/i17D2. The maximum Gasteiger partial charge on any atom is 0.108 e. The van der Waals surface area contributed by atoms with Gasteiger partial charge in [-0.2, -0.15) is 0 Å². The molecule has 1 aliphatic carbocycles. The van der Waals surface area contributed by atoms with Crippen molar-refractivity contribution in [3.63, 3.8) is 0 Å². The quantitative estimate of drug-likeness (QED) is 0.633. The van der Waals surface area contributed by atoms with Crippen LogP contribution in [0.1, 0.15) is 82.8 Å². The van der Waals surface area contributed by atoms with Crippen LogP contribution in [0.15, 0.2) is 0 Å². The molecule has 0 bridgehead atoms. The summed E-state index contributed by atoms with van der Waals surface area (Å²) in [6.45, 7) is 14.5. The lowest BCUT2D eigenvalue weighted by molar-refractivity contribution is 0.0171. The third-order valence-electron chi connectivity index (χ3n) is 5.84. The third-order valence-corrected chi connectivity index (χ3v) is 5.84. The number of rotatable bonds is 4. The molecule has 0 aromatic heterocycles. The van der Waals surface area contributed by atoms with Gasteiger partial charge in [0, 0.05) is 25.0 Å². The largest absolute Gasteiger partial charge is 0.365 e. The van der Waals surface area contributed by atoms with E-state index >= 15 is 0 Å². The van der Waals surface area contributed by atoms with Gasteiger partial charge in [-0.3, -0.25) is 0 Å². The second kappa shape index (κ2) is 8.92. The van der Waals surface area contributed by atoms with Crippen molar-refractivity contribution in [2.24, 2.45) is 22.7 Å². The number of piperidine rings is 1. The van der Waals surface area contributed by atoms with Gasteiger partial charge in [0.25, 0.3) is 0 Å². The van der Waals surface area contributed by atoms with Crippen molar-refractivity contribution in [1.82, 2.24) is 4.90 Å². The van der Waals surface area contributed by atoms with Crippen LogP contribution in [0.3, 0.4) is 0 Å². The lowest BCUT2D eigenvalue weighted by Crippen LogP contribution is -2.40. The second-order valence-corrected chi connectivity index (χ2v) is 10.3. The van der Waals surface area contributed by atoms with Gasteiger partial charge >= 0.3 is 0 Å². The lowest BCUT2D eigenvalue weighted by atomic mass is 9.70. The van der Waals surface area contributed by atoms with E-state index in [1.807, 2.05) is 20.8 Å². The second-order valence-electron chi connectivity index (χ2n) is 10.3. The van der Waals surface area contributed by atoms with Crippen LogP contribution in [0.4, 0.5) is 0 Å². The van der Waals surface area contributed by atoms with Crippen molar-refractivity contribution in [3.8, 4) is 11.8 Å². The first kappa shape index (κ1) is 17.9. The van der Waals surface area contributed by atoms with E-state index in [4.69, 9.17) is 7.48 Å². The zero-order valence-corrected chi connectivity index (χ0v) is 17.5. The van der Waals surface area contributed by atoms with Gasteiger partial charge in [0.05, 0.1) is 8.85 Å². The van der Waals surface area contributed by atoms with E-state index in [0.29, 0.717) is 5.41 Å². The van der Waals surface area contributed by atoms with Crippen molar-refractivity contribution < 1.29 is 7.48 Å². The molecule has 0 spiro atoms. The SMILES string of the molecule is [2H]C([2H])(C#CC(C)(C)C)OC1CCN(CC2CCC(C(C)(C)C)CC2)CC1. The number of hydrogen-bond acceptors (Lipinski definition) is 2. The number of nitrogens with zero attached hydrogens (tertiary/aromatic N) is 1. The van der Waals surface area contributed by atoms with Gasteiger partial charge in [-0.25, -0.2) is 0 Å². The summed E-state index contributed by atoms with van der Waals surface area (Å²) < 4.78 is 21.7. The lowest BCUT2D eigenvalue weighted by Gasteiger charge is -2.39. The maximum absolute atomic E-state index is 8.02. The summed E-state index contributed by atoms with van der Waals surface area (Å²) in [6, 6.07) is 0. The van der Waals surface area contributed by atoms with Crippen molar-refractivity contribution in [1.29, 1.82) is 0 Å². The molecule has 0 N–H and O–H groups in total. The molecule has 0 amide bonds.